The van der Waals surface area contributed by atoms with Crippen molar-refractivity contribution in [2.75, 3.05) is 39.6 Å². The SMILES string of the molecule is CC/C=C\C/C=C\C/C=C\C/C=C\C/C=C\C/C=C\CCCCC(=O)OCC(COP(=O)(O)OCC(O)COP(=O)(O)OCC(O)COC(=O)CCCCCCCCCCCCCCC/C=C\C/C=C\C/C=C\C/C=C\CCCCC)OC(=O)CCCCCCC/C=C\CCCCCC. The van der Waals surface area contributed by atoms with Gasteiger partial charge in [-0.15, -0.1) is 0 Å². The van der Waals surface area contributed by atoms with E-state index in [0.717, 1.165) is 135 Å². The van der Waals surface area contributed by atoms with E-state index < -0.39 is 91.5 Å². The normalized spacial score (nSPS) is 14.8. The molecule has 0 amide bonds. The zero-order valence-electron chi connectivity index (χ0n) is 61.9. The summed E-state index contributed by atoms with van der Waals surface area (Å²) in [5.74, 6) is -1.64. The van der Waals surface area contributed by atoms with Crippen molar-refractivity contribution in [3.05, 3.63) is 134 Å². The number of carbonyl (C=O) groups excluding carboxylic acids is 3. The summed E-state index contributed by atoms with van der Waals surface area (Å²) in [5, 5.41) is 20.6. The molecule has 5 atom stereocenters. The van der Waals surface area contributed by atoms with Gasteiger partial charge in [0.05, 0.1) is 26.4 Å². The first-order chi connectivity index (χ1) is 48.2. The minimum absolute atomic E-state index is 0.0816. The second kappa shape index (κ2) is 73.4. The minimum atomic E-state index is -4.94. The van der Waals surface area contributed by atoms with Crippen molar-refractivity contribution >= 4 is 33.6 Å². The molecule has 0 saturated heterocycles. The number of esters is 3. The molecule has 18 heteroatoms. The molecular formula is C81H138O16P2. The van der Waals surface area contributed by atoms with Gasteiger partial charge in [0, 0.05) is 19.3 Å². The second-order valence-corrected chi connectivity index (χ2v) is 28.3. The number of unbranched alkanes of at least 4 members (excludes halogenated alkanes) is 27. The number of allylic oxidation sites excluding steroid dienone is 22. The maximum atomic E-state index is 12.9. The fourth-order valence-electron chi connectivity index (χ4n) is 9.96. The highest BCUT2D eigenvalue weighted by atomic mass is 31.2. The van der Waals surface area contributed by atoms with E-state index >= 15 is 0 Å². The Morgan fingerprint density at radius 2 is 0.535 bits per heavy atom. The molecule has 99 heavy (non-hydrogen) atoms. The third-order valence-electron chi connectivity index (χ3n) is 15.8. The highest BCUT2D eigenvalue weighted by molar-refractivity contribution is 7.47. The van der Waals surface area contributed by atoms with Crippen LogP contribution < -0.4 is 0 Å². The predicted molar refractivity (Wildman–Crippen MR) is 408 cm³/mol. The first-order valence-electron chi connectivity index (χ1n) is 38.5. The summed E-state index contributed by atoms with van der Waals surface area (Å²) in [6.45, 7) is 2.46. The highest BCUT2D eigenvalue weighted by Gasteiger charge is 2.29. The van der Waals surface area contributed by atoms with Gasteiger partial charge in [0.2, 0.25) is 0 Å². The van der Waals surface area contributed by atoms with Crippen LogP contribution in [0.25, 0.3) is 0 Å². The molecule has 0 heterocycles. The van der Waals surface area contributed by atoms with Crippen LogP contribution in [0.5, 0.6) is 0 Å². The maximum absolute atomic E-state index is 12.9. The number of ether oxygens (including phenoxy) is 3. The van der Waals surface area contributed by atoms with E-state index in [1.807, 2.05) is 0 Å². The van der Waals surface area contributed by atoms with Gasteiger partial charge >= 0.3 is 33.6 Å². The third-order valence-corrected chi connectivity index (χ3v) is 17.7. The van der Waals surface area contributed by atoms with Gasteiger partial charge in [-0.1, -0.05) is 276 Å². The highest BCUT2D eigenvalue weighted by Crippen LogP contribution is 2.45. The van der Waals surface area contributed by atoms with E-state index in [0.29, 0.717) is 19.3 Å². The van der Waals surface area contributed by atoms with Crippen LogP contribution in [0.15, 0.2) is 134 Å². The van der Waals surface area contributed by atoms with E-state index in [1.54, 1.807) is 0 Å². The molecule has 0 rings (SSSR count). The molecule has 0 fully saturated rings. The van der Waals surface area contributed by atoms with E-state index in [1.165, 1.54) is 109 Å². The van der Waals surface area contributed by atoms with Crippen LogP contribution in [-0.2, 0) is 55.8 Å². The molecule has 4 N–H and O–H groups in total. The summed E-state index contributed by atoms with van der Waals surface area (Å²) >= 11 is 0. The van der Waals surface area contributed by atoms with Crippen molar-refractivity contribution in [3.8, 4) is 0 Å². The molecule has 0 aliphatic carbocycles. The molecule has 0 aromatic heterocycles. The number of hydrogen-bond donors (Lipinski definition) is 4. The van der Waals surface area contributed by atoms with E-state index in [4.69, 9.17) is 32.3 Å². The number of phosphoric ester groups is 2. The first kappa shape index (κ1) is 94.7. The average Bonchev–Trinajstić information content (AvgIpc) is 1.05. The molecule has 0 aromatic carbocycles. The fourth-order valence-corrected chi connectivity index (χ4v) is 11.5. The summed E-state index contributed by atoms with van der Waals surface area (Å²) in [6.07, 6.45) is 88.0. The first-order valence-corrected chi connectivity index (χ1v) is 41.5. The summed E-state index contributed by atoms with van der Waals surface area (Å²) < 4.78 is 61.0. The van der Waals surface area contributed by atoms with Gasteiger partial charge in [0.15, 0.2) is 6.10 Å². The van der Waals surface area contributed by atoms with Crippen LogP contribution in [0.4, 0.5) is 0 Å². The lowest BCUT2D eigenvalue weighted by atomic mass is 10.0. The standard InChI is InChI=1S/C81H138O16P2/c1-4-7-10-13-16-19-22-25-27-29-31-33-34-35-36-37-38-39-40-42-44-45-47-50-52-55-58-61-64-67-79(84)91-70-76(82)71-93-98(87,88)94-72-77(83)73-95-99(89,90)96-75-78(97-81(86)69-66-63-60-57-54-49-24-21-18-15-12-9-6-3)74-92-80(85)68-65-62-59-56-53-51-48-46-43-41-32-30-28-26-23-20-17-14-11-8-5-2/h8,11,16-17,19-21,24-28,31-33,35-36,41,46,48,53,56,76-78,82-83H,4-7,9-10,12-15,18,22-23,29-30,34,37-40,42-45,47,49-52,54-55,57-75H2,1-3H3,(H,87,88)(H,89,90)/b11-8-,19-16-,20-17-,24-21-,27-25-,28-26-,33-31-,36-35-,41-32-,48-46-,56-53-. The summed E-state index contributed by atoms with van der Waals surface area (Å²) in [4.78, 5) is 58.5. The summed E-state index contributed by atoms with van der Waals surface area (Å²) in [7, 11) is -9.80. The van der Waals surface area contributed by atoms with E-state index in [9.17, 15) is 43.5 Å². The molecule has 0 radical (unpaired) electrons. The Morgan fingerprint density at radius 1 is 0.293 bits per heavy atom. The maximum Gasteiger partial charge on any atom is 0.472 e. The Balaban J connectivity index is 4.53. The van der Waals surface area contributed by atoms with Crippen molar-refractivity contribution in [1.82, 2.24) is 0 Å². The van der Waals surface area contributed by atoms with Crippen molar-refractivity contribution in [2.45, 2.75) is 322 Å². The zero-order chi connectivity index (χ0) is 72.3. The largest absolute Gasteiger partial charge is 0.472 e. The molecular weight excluding hydrogens is 1290 g/mol. The van der Waals surface area contributed by atoms with Gasteiger partial charge in [0.25, 0.3) is 0 Å². The monoisotopic (exact) mass is 1430 g/mol. The van der Waals surface area contributed by atoms with E-state index in [2.05, 4.69) is 154 Å². The van der Waals surface area contributed by atoms with Gasteiger partial charge in [-0.05, 0) is 141 Å². The van der Waals surface area contributed by atoms with E-state index in [-0.39, 0.29) is 19.3 Å². The zero-order valence-corrected chi connectivity index (χ0v) is 63.7. The number of aliphatic hydroxyl groups excluding tert-OH is 2. The second-order valence-electron chi connectivity index (χ2n) is 25.4. The fraction of sp³-hybridized carbons (Fsp3) is 0.691. The Morgan fingerprint density at radius 3 is 0.899 bits per heavy atom. The molecule has 0 aromatic rings. The van der Waals surface area contributed by atoms with Crippen molar-refractivity contribution in [1.29, 1.82) is 0 Å². The van der Waals surface area contributed by atoms with Crippen LogP contribution in [0.3, 0.4) is 0 Å². The van der Waals surface area contributed by atoms with Crippen LogP contribution in [0.2, 0.25) is 0 Å². The third kappa shape index (κ3) is 74.7. The predicted octanol–water partition coefficient (Wildman–Crippen LogP) is 22.3. The van der Waals surface area contributed by atoms with Gasteiger partial charge in [-0.2, -0.15) is 0 Å². The van der Waals surface area contributed by atoms with Gasteiger partial charge in [0.1, 0.15) is 25.4 Å². The Kier molecular flexibility index (Phi) is 70.2. The van der Waals surface area contributed by atoms with Gasteiger partial charge in [-0.3, -0.25) is 32.5 Å². The number of rotatable bonds is 72. The Bertz CT molecular complexity index is 2330. The molecule has 0 spiro atoms. The minimum Gasteiger partial charge on any atom is -0.463 e. The summed E-state index contributed by atoms with van der Waals surface area (Å²) in [6, 6.07) is 0. The molecule has 0 aliphatic rings. The molecule has 0 aliphatic heterocycles. The number of aliphatic hydroxyl groups is 2. The Labute approximate surface area is 601 Å². The van der Waals surface area contributed by atoms with Crippen LogP contribution in [0, 0.1) is 0 Å². The lowest BCUT2D eigenvalue weighted by Crippen LogP contribution is -2.30. The van der Waals surface area contributed by atoms with Crippen LogP contribution in [0.1, 0.15) is 303 Å². The molecule has 0 saturated carbocycles. The molecule has 5 unspecified atom stereocenters. The topological polar surface area (TPSA) is 231 Å². The van der Waals surface area contributed by atoms with Gasteiger partial charge in [-0.25, -0.2) is 9.13 Å². The van der Waals surface area contributed by atoms with Crippen molar-refractivity contribution in [2.24, 2.45) is 0 Å². The number of hydrogen-bond acceptors (Lipinski definition) is 14. The lowest BCUT2D eigenvalue weighted by Gasteiger charge is -2.21. The molecule has 16 nitrogen and oxygen atoms in total. The summed E-state index contributed by atoms with van der Waals surface area (Å²) in [5.41, 5.74) is 0. The van der Waals surface area contributed by atoms with Crippen molar-refractivity contribution in [3.63, 3.8) is 0 Å². The molecule has 0 bridgehead atoms. The number of carbonyl (C=O) groups is 3. The Hall–Kier alpha value is -4.31. The quantitative estimate of drug-likeness (QED) is 0.0146. The van der Waals surface area contributed by atoms with Crippen LogP contribution >= 0.6 is 15.6 Å². The lowest BCUT2D eigenvalue weighted by molar-refractivity contribution is -0.161. The smallest absolute Gasteiger partial charge is 0.463 e. The average molecular weight is 1430 g/mol. The van der Waals surface area contributed by atoms with Crippen LogP contribution in [-0.4, -0.2) is 95.9 Å². The number of phosphoric acid groups is 2. The van der Waals surface area contributed by atoms with Gasteiger partial charge < -0.3 is 34.2 Å². The molecule has 568 valence electrons. The van der Waals surface area contributed by atoms with Crippen molar-refractivity contribution < 1.29 is 75.8 Å².